The van der Waals surface area contributed by atoms with E-state index < -0.39 is 5.97 Å². The van der Waals surface area contributed by atoms with Crippen LogP contribution in [0.4, 0.5) is 17.5 Å². The van der Waals surface area contributed by atoms with E-state index in [1.54, 1.807) is 6.07 Å². The summed E-state index contributed by atoms with van der Waals surface area (Å²) in [6, 6.07) is 6.07. The number of carbonyl (C=O) groups excluding carboxylic acids is 2. The zero-order valence-corrected chi connectivity index (χ0v) is 21.0. The van der Waals surface area contributed by atoms with Crippen molar-refractivity contribution < 1.29 is 14.3 Å². The van der Waals surface area contributed by atoms with Crippen LogP contribution in [-0.2, 0) is 9.53 Å². The molecule has 3 aromatic heterocycles. The monoisotopic (exact) mass is 492 g/mol. The molecule has 0 aliphatic carbocycles. The van der Waals surface area contributed by atoms with Gasteiger partial charge in [-0.15, -0.1) is 0 Å². The zero-order chi connectivity index (χ0) is 25.4. The standard InChI is InChI=1S/C25H32N8O3/c1-14-7-22(31-30-14)28-21-11-20-19(8-15(12-26-20)25(35)36-4)24(29-21)27-16-9-17-5-6-18(10-16)33(17)23(34)13-32(2)3/h7-8,11-12,16-18H,5-6,9-10,13H2,1-4H3,(H3,27,28,29,30,31)/t16?,17-,18+. The van der Waals surface area contributed by atoms with E-state index in [4.69, 9.17) is 9.72 Å². The van der Waals surface area contributed by atoms with Crippen molar-refractivity contribution in [3.8, 4) is 0 Å². The average molecular weight is 493 g/mol. The molecule has 2 saturated heterocycles. The number of esters is 1. The molecule has 2 aliphatic heterocycles. The van der Waals surface area contributed by atoms with Crippen LogP contribution in [0.3, 0.4) is 0 Å². The second-order valence-corrected chi connectivity index (χ2v) is 9.94. The Bertz CT molecular complexity index is 1280. The number of carbonyl (C=O) groups is 2. The first-order valence-electron chi connectivity index (χ1n) is 12.2. The predicted molar refractivity (Wildman–Crippen MR) is 136 cm³/mol. The number of pyridine rings is 2. The van der Waals surface area contributed by atoms with E-state index in [2.05, 4.69) is 30.7 Å². The lowest BCUT2D eigenvalue weighted by Gasteiger charge is -2.40. The van der Waals surface area contributed by atoms with Crippen molar-refractivity contribution in [2.24, 2.45) is 0 Å². The highest BCUT2D eigenvalue weighted by Gasteiger charge is 2.43. The topological polar surface area (TPSA) is 128 Å². The number of rotatable bonds is 7. The molecule has 0 saturated carbocycles. The molecule has 190 valence electrons. The molecule has 0 radical (unpaired) electrons. The molecule has 0 aromatic carbocycles. The number of methoxy groups -OCH3 is 1. The number of hydrogen-bond acceptors (Lipinski definition) is 9. The molecule has 36 heavy (non-hydrogen) atoms. The van der Waals surface area contributed by atoms with Gasteiger partial charge in [-0.2, -0.15) is 5.10 Å². The highest BCUT2D eigenvalue weighted by Crippen LogP contribution is 2.38. The lowest BCUT2D eigenvalue weighted by molar-refractivity contribution is -0.136. The Morgan fingerprint density at radius 1 is 1.17 bits per heavy atom. The van der Waals surface area contributed by atoms with Crippen LogP contribution in [0.15, 0.2) is 24.4 Å². The number of aromatic nitrogens is 4. The molecule has 2 fully saturated rings. The van der Waals surface area contributed by atoms with Gasteiger partial charge in [-0.25, -0.2) is 9.78 Å². The van der Waals surface area contributed by atoms with Crippen molar-refractivity contribution in [1.29, 1.82) is 0 Å². The third-order valence-corrected chi connectivity index (χ3v) is 6.88. The molecular weight excluding hydrogens is 460 g/mol. The van der Waals surface area contributed by atoms with Crippen molar-refractivity contribution >= 4 is 40.2 Å². The van der Waals surface area contributed by atoms with Crippen LogP contribution in [-0.4, -0.2) is 87.7 Å². The molecule has 3 atom stereocenters. The van der Waals surface area contributed by atoms with E-state index in [0.29, 0.717) is 35.1 Å². The van der Waals surface area contributed by atoms with Gasteiger partial charge in [-0.1, -0.05) is 0 Å². The number of ether oxygens (including phenoxy) is 1. The van der Waals surface area contributed by atoms with Gasteiger partial charge in [-0.05, 0) is 52.8 Å². The van der Waals surface area contributed by atoms with Crippen LogP contribution in [0.25, 0.3) is 10.9 Å². The average Bonchev–Trinajstić information content (AvgIpc) is 3.37. The van der Waals surface area contributed by atoms with Crippen molar-refractivity contribution in [2.45, 2.75) is 50.7 Å². The zero-order valence-electron chi connectivity index (χ0n) is 21.0. The molecule has 2 bridgehead atoms. The van der Waals surface area contributed by atoms with E-state index in [0.717, 1.165) is 36.8 Å². The third-order valence-electron chi connectivity index (χ3n) is 6.88. The highest BCUT2D eigenvalue weighted by atomic mass is 16.5. The first-order valence-corrected chi connectivity index (χ1v) is 12.2. The van der Waals surface area contributed by atoms with E-state index in [-0.39, 0.29) is 24.0 Å². The van der Waals surface area contributed by atoms with Crippen molar-refractivity contribution in [2.75, 3.05) is 38.4 Å². The maximum absolute atomic E-state index is 12.8. The second-order valence-electron chi connectivity index (χ2n) is 9.94. The number of amides is 1. The summed E-state index contributed by atoms with van der Waals surface area (Å²) in [5.41, 5.74) is 1.99. The van der Waals surface area contributed by atoms with Crippen LogP contribution in [0.2, 0.25) is 0 Å². The lowest BCUT2D eigenvalue weighted by atomic mass is 9.97. The quantitative estimate of drug-likeness (QED) is 0.426. The summed E-state index contributed by atoms with van der Waals surface area (Å²) in [7, 11) is 5.20. The number of aromatic amines is 1. The number of anilines is 3. The third kappa shape index (κ3) is 4.83. The highest BCUT2D eigenvalue weighted by molar-refractivity contribution is 5.98. The Kier molecular flexibility index (Phi) is 6.48. The minimum absolute atomic E-state index is 0.145. The maximum Gasteiger partial charge on any atom is 0.339 e. The van der Waals surface area contributed by atoms with Gasteiger partial charge in [0.05, 0.1) is 24.7 Å². The molecule has 5 heterocycles. The van der Waals surface area contributed by atoms with Crippen LogP contribution >= 0.6 is 0 Å². The second kappa shape index (κ2) is 9.73. The first-order chi connectivity index (χ1) is 17.3. The van der Waals surface area contributed by atoms with Crippen molar-refractivity contribution in [3.63, 3.8) is 0 Å². The number of likely N-dealkylation sites (N-methyl/N-ethyl adjacent to an activating group) is 1. The molecule has 3 aromatic rings. The number of piperidine rings is 1. The van der Waals surface area contributed by atoms with Crippen LogP contribution in [0, 0.1) is 6.92 Å². The van der Waals surface area contributed by atoms with Crippen LogP contribution < -0.4 is 10.6 Å². The molecular formula is C25H32N8O3. The SMILES string of the molecule is COC(=O)c1cnc2cc(Nc3cc(C)[nH]n3)nc(NC3C[C@H]4CC[C@@H](C3)N4C(=O)CN(C)C)c2c1. The summed E-state index contributed by atoms with van der Waals surface area (Å²) < 4.78 is 4.89. The summed E-state index contributed by atoms with van der Waals surface area (Å²) in [5, 5.41) is 14.7. The number of hydrogen-bond donors (Lipinski definition) is 3. The van der Waals surface area contributed by atoms with Crippen LogP contribution in [0.5, 0.6) is 0 Å². The van der Waals surface area contributed by atoms with Gasteiger partial charge in [0.2, 0.25) is 5.91 Å². The van der Waals surface area contributed by atoms with Gasteiger partial charge >= 0.3 is 5.97 Å². The summed E-state index contributed by atoms with van der Waals surface area (Å²) in [4.78, 5) is 38.4. The summed E-state index contributed by atoms with van der Waals surface area (Å²) >= 11 is 0. The fourth-order valence-corrected chi connectivity index (χ4v) is 5.39. The number of H-pyrrole nitrogens is 1. The van der Waals surface area contributed by atoms with Gasteiger partial charge in [0.25, 0.3) is 0 Å². The predicted octanol–water partition coefficient (Wildman–Crippen LogP) is 2.69. The van der Waals surface area contributed by atoms with E-state index in [1.807, 2.05) is 38.1 Å². The molecule has 11 nitrogen and oxygen atoms in total. The molecule has 3 N–H and O–H groups in total. The van der Waals surface area contributed by atoms with E-state index in [1.165, 1.54) is 13.3 Å². The minimum atomic E-state index is -0.449. The minimum Gasteiger partial charge on any atom is -0.465 e. The van der Waals surface area contributed by atoms with Crippen molar-refractivity contribution in [1.82, 2.24) is 30.0 Å². The molecule has 1 unspecified atom stereocenters. The number of aryl methyl sites for hydroxylation is 1. The van der Waals surface area contributed by atoms with Gasteiger partial charge < -0.3 is 25.2 Å². The normalized spacial score (nSPS) is 21.1. The number of nitrogens with one attached hydrogen (secondary N) is 3. The van der Waals surface area contributed by atoms with Gasteiger partial charge in [0.15, 0.2) is 5.82 Å². The smallest absolute Gasteiger partial charge is 0.339 e. The Labute approximate surface area is 209 Å². The Morgan fingerprint density at radius 2 is 1.92 bits per heavy atom. The largest absolute Gasteiger partial charge is 0.465 e. The Morgan fingerprint density at radius 3 is 2.56 bits per heavy atom. The van der Waals surface area contributed by atoms with Crippen LogP contribution in [0.1, 0.15) is 41.7 Å². The Balaban J connectivity index is 1.43. The molecule has 1 amide bonds. The number of nitrogens with zero attached hydrogens (tertiary/aromatic N) is 5. The van der Waals surface area contributed by atoms with Gasteiger partial charge in [-0.3, -0.25) is 14.9 Å². The van der Waals surface area contributed by atoms with Gasteiger partial charge in [0, 0.05) is 47.5 Å². The van der Waals surface area contributed by atoms with Crippen molar-refractivity contribution in [3.05, 3.63) is 35.7 Å². The molecule has 5 rings (SSSR count). The van der Waals surface area contributed by atoms with E-state index in [9.17, 15) is 9.59 Å². The van der Waals surface area contributed by atoms with Gasteiger partial charge in [0.1, 0.15) is 11.6 Å². The van der Waals surface area contributed by atoms with E-state index >= 15 is 0 Å². The fourth-order valence-electron chi connectivity index (χ4n) is 5.39. The summed E-state index contributed by atoms with van der Waals surface area (Å²) in [6.45, 7) is 2.36. The molecule has 0 spiro atoms. The molecule has 11 heteroatoms. The summed E-state index contributed by atoms with van der Waals surface area (Å²) in [5.74, 6) is 1.63. The number of fused-ring (bicyclic) bond motifs is 3. The fraction of sp³-hybridized carbons (Fsp3) is 0.480. The molecule has 2 aliphatic rings. The maximum atomic E-state index is 12.8. The first kappa shape index (κ1) is 24.0. The summed E-state index contributed by atoms with van der Waals surface area (Å²) in [6.07, 6.45) is 5.24. The Hall–Kier alpha value is -3.73. The lowest BCUT2D eigenvalue weighted by Crippen LogP contribution is -2.51.